The minimum Gasteiger partial charge on any atom is -0.335 e. The van der Waals surface area contributed by atoms with Gasteiger partial charge in [0.15, 0.2) is 5.82 Å². The summed E-state index contributed by atoms with van der Waals surface area (Å²) in [6, 6.07) is 19.1. The van der Waals surface area contributed by atoms with Crippen molar-refractivity contribution < 1.29 is 0 Å². The zero-order valence-corrected chi connectivity index (χ0v) is 25.5. The summed E-state index contributed by atoms with van der Waals surface area (Å²) in [6.45, 7) is 12.3. The Bertz CT molecular complexity index is 2000. The lowest BCUT2D eigenvalue weighted by atomic mass is 9.80. The molecular formula is C34H33N9. The number of likely N-dealkylation sites (N-methyl/N-ethyl adjacent to an activating group) is 1. The number of fused-ring (bicyclic) bond motifs is 2. The first kappa shape index (κ1) is 26.7. The van der Waals surface area contributed by atoms with E-state index in [2.05, 4.69) is 90.7 Å². The number of rotatable bonds is 4. The van der Waals surface area contributed by atoms with Crippen molar-refractivity contribution in [3.63, 3.8) is 0 Å². The summed E-state index contributed by atoms with van der Waals surface area (Å²) < 4.78 is 3.49. The van der Waals surface area contributed by atoms with Crippen LogP contribution in [0, 0.1) is 33.1 Å². The third-order valence-electron chi connectivity index (χ3n) is 8.12. The van der Waals surface area contributed by atoms with Gasteiger partial charge >= 0.3 is 0 Å². The number of benzene rings is 2. The Morgan fingerprint density at radius 1 is 0.744 bits per heavy atom. The average molecular weight is 568 g/mol. The normalized spacial score (nSPS) is 16.9. The van der Waals surface area contributed by atoms with Crippen LogP contribution in [0.1, 0.15) is 48.0 Å². The van der Waals surface area contributed by atoms with E-state index in [-0.39, 0.29) is 5.41 Å². The quantitative estimate of drug-likeness (QED) is 0.252. The van der Waals surface area contributed by atoms with Crippen molar-refractivity contribution in [2.24, 2.45) is 10.4 Å². The van der Waals surface area contributed by atoms with Gasteiger partial charge in [-0.2, -0.15) is 25.1 Å². The van der Waals surface area contributed by atoms with Gasteiger partial charge in [0.2, 0.25) is 0 Å². The van der Waals surface area contributed by atoms with Gasteiger partial charge in [-0.25, -0.2) is 14.4 Å². The summed E-state index contributed by atoms with van der Waals surface area (Å²) in [7, 11) is 2.05. The molecule has 0 aliphatic carbocycles. The molecule has 2 aliphatic heterocycles. The first-order chi connectivity index (χ1) is 20.6. The number of allylic oxidation sites excluding steroid dienone is 3. The molecule has 2 aromatic carbocycles. The second kappa shape index (κ2) is 9.69. The number of hydrogen-bond donors (Lipinski definition) is 0. The van der Waals surface area contributed by atoms with Gasteiger partial charge in [-0.05, 0) is 73.9 Å². The first-order valence-electron chi connectivity index (χ1n) is 14.4. The summed E-state index contributed by atoms with van der Waals surface area (Å²) in [6.07, 6.45) is 6.37. The Hall–Kier alpha value is -5.18. The SMILES string of the molecule is Cc1cc(C)n(-c2nc(C=C3N=C4C(=CC(c5ccc6ccccc6c5)=CN4C)C3(C)C)nc(-n3nc(C)cc3C)n2)n1. The third-order valence-corrected chi connectivity index (χ3v) is 8.12. The van der Waals surface area contributed by atoms with Crippen molar-refractivity contribution in [3.8, 4) is 11.9 Å². The molecule has 5 aromatic rings. The molecule has 0 unspecified atom stereocenters. The van der Waals surface area contributed by atoms with Gasteiger partial charge in [-0.3, -0.25) is 0 Å². The minimum absolute atomic E-state index is 0.386. The van der Waals surface area contributed by atoms with Crippen LogP contribution in [0.25, 0.3) is 34.3 Å². The number of amidine groups is 1. The maximum Gasteiger partial charge on any atom is 0.256 e. The molecule has 0 spiro atoms. The first-order valence-corrected chi connectivity index (χ1v) is 14.4. The number of aryl methyl sites for hydroxylation is 4. The summed E-state index contributed by atoms with van der Waals surface area (Å²) >= 11 is 0. The summed E-state index contributed by atoms with van der Waals surface area (Å²) in [4.78, 5) is 21.7. The lowest BCUT2D eigenvalue weighted by Gasteiger charge is -2.28. The fourth-order valence-corrected chi connectivity index (χ4v) is 5.86. The Balaban J connectivity index is 1.32. The Morgan fingerprint density at radius 3 is 1.98 bits per heavy atom. The molecule has 2 aliphatic rings. The molecule has 43 heavy (non-hydrogen) atoms. The van der Waals surface area contributed by atoms with Crippen molar-refractivity contribution in [2.45, 2.75) is 41.5 Å². The summed E-state index contributed by atoms with van der Waals surface area (Å²) in [5, 5.41) is 11.7. The van der Waals surface area contributed by atoms with Crippen molar-refractivity contribution in [2.75, 3.05) is 7.05 Å². The van der Waals surface area contributed by atoms with Gasteiger partial charge < -0.3 is 4.90 Å². The largest absolute Gasteiger partial charge is 0.335 e. The fourth-order valence-electron chi connectivity index (χ4n) is 5.86. The second-order valence-corrected chi connectivity index (χ2v) is 11.9. The standard InChI is InChI=1S/C34H33N9/c1-20-14-22(3)42(39-20)32-36-30(37-33(38-32)43-23(4)15-21(2)40-43)18-29-34(5,6)28-17-27(19-41(7)31(28)35-29)26-13-12-24-10-8-9-11-25(24)16-26/h8-19H,1-7H3. The van der Waals surface area contributed by atoms with Gasteiger partial charge in [0.05, 0.1) is 17.1 Å². The number of aliphatic imine (C=N–C) groups is 1. The highest BCUT2D eigenvalue weighted by molar-refractivity contribution is 6.09. The van der Waals surface area contributed by atoms with E-state index in [1.165, 1.54) is 16.3 Å². The van der Waals surface area contributed by atoms with Crippen LogP contribution < -0.4 is 0 Å². The van der Waals surface area contributed by atoms with E-state index in [0.29, 0.717) is 17.7 Å². The summed E-state index contributed by atoms with van der Waals surface area (Å²) in [5.41, 5.74) is 7.62. The molecule has 9 heteroatoms. The van der Waals surface area contributed by atoms with Crippen molar-refractivity contribution in [1.29, 1.82) is 0 Å². The molecule has 0 radical (unpaired) electrons. The number of nitrogens with zero attached hydrogens (tertiary/aromatic N) is 9. The number of hydrogen-bond acceptors (Lipinski definition) is 7. The number of aromatic nitrogens is 7. The van der Waals surface area contributed by atoms with Gasteiger partial charge in [0.25, 0.3) is 11.9 Å². The van der Waals surface area contributed by atoms with E-state index in [0.717, 1.165) is 45.5 Å². The second-order valence-electron chi connectivity index (χ2n) is 11.9. The predicted octanol–water partition coefficient (Wildman–Crippen LogP) is 6.32. The highest BCUT2D eigenvalue weighted by Crippen LogP contribution is 2.46. The molecule has 0 saturated heterocycles. The van der Waals surface area contributed by atoms with Crippen LogP contribution in [0.15, 0.2) is 83.1 Å². The lowest BCUT2D eigenvalue weighted by molar-refractivity contribution is 0.566. The van der Waals surface area contributed by atoms with E-state index in [1.54, 1.807) is 9.36 Å². The molecule has 0 amide bonds. The van der Waals surface area contributed by atoms with E-state index in [1.807, 2.05) is 45.9 Å². The van der Waals surface area contributed by atoms with Crippen LogP contribution >= 0.6 is 0 Å². The highest BCUT2D eigenvalue weighted by Gasteiger charge is 2.40. The molecule has 7 rings (SSSR count). The third kappa shape index (κ3) is 4.57. The smallest absolute Gasteiger partial charge is 0.256 e. The molecule has 9 nitrogen and oxygen atoms in total. The maximum atomic E-state index is 5.11. The van der Waals surface area contributed by atoms with Crippen LogP contribution in [0.5, 0.6) is 0 Å². The fraction of sp³-hybridized carbons (Fsp3) is 0.235. The Morgan fingerprint density at radius 2 is 1.37 bits per heavy atom. The molecule has 0 saturated carbocycles. The van der Waals surface area contributed by atoms with Crippen LogP contribution in [0.4, 0.5) is 0 Å². The Labute approximate surface area is 250 Å². The topological polar surface area (TPSA) is 89.9 Å². The van der Waals surface area contributed by atoms with Crippen LogP contribution in [0.3, 0.4) is 0 Å². The average Bonchev–Trinajstić information content (AvgIpc) is 3.59. The zero-order chi connectivity index (χ0) is 30.0. The van der Waals surface area contributed by atoms with E-state index < -0.39 is 0 Å². The van der Waals surface area contributed by atoms with E-state index in [4.69, 9.17) is 19.9 Å². The Kier molecular flexibility index (Phi) is 6.02. The predicted molar refractivity (Wildman–Crippen MR) is 170 cm³/mol. The monoisotopic (exact) mass is 567 g/mol. The molecule has 3 aromatic heterocycles. The zero-order valence-electron chi connectivity index (χ0n) is 25.5. The molecule has 0 N–H and O–H groups in total. The van der Waals surface area contributed by atoms with Crippen LogP contribution in [-0.4, -0.2) is 52.3 Å². The van der Waals surface area contributed by atoms with Crippen LogP contribution in [0.2, 0.25) is 0 Å². The minimum atomic E-state index is -0.386. The lowest BCUT2D eigenvalue weighted by Crippen LogP contribution is -2.28. The van der Waals surface area contributed by atoms with Crippen molar-refractivity contribution in [3.05, 3.63) is 112 Å². The molecule has 5 heterocycles. The summed E-state index contributed by atoms with van der Waals surface area (Å²) in [5.74, 6) is 2.30. The highest BCUT2D eigenvalue weighted by atomic mass is 15.4. The van der Waals surface area contributed by atoms with E-state index >= 15 is 0 Å². The van der Waals surface area contributed by atoms with E-state index in [9.17, 15) is 0 Å². The van der Waals surface area contributed by atoms with Crippen molar-refractivity contribution >= 4 is 28.3 Å². The van der Waals surface area contributed by atoms with Crippen molar-refractivity contribution in [1.82, 2.24) is 39.4 Å². The molecule has 214 valence electrons. The maximum absolute atomic E-state index is 5.11. The molecule has 0 bridgehead atoms. The molecule has 0 fully saturated rings. The van der Waals surface area contributed by atoms with Gasteiger partial charge in [0, 0.05) is 41.7 Å². The van der Waals surface area contributed by atoms with Gasteiger partial charge in [-0.15, -0.1) is 0 Å². The molecular weight excluding hydrogens is 534 g/mol. The van der Waals surface area contributed by atoms with Crippen LogP contribution in [-0.2, 0) is 0 Å². The molecule has 0 atom stereocenters. The van der Waals surface area contributed by atoms with Gasteiger partial charge in [-0.1, -0.05) is 50.2 Å². The van der Waals surface area contributed by atoms with Gasteiger partial charge in [0.1, 0.15) is 5.84 Å².